The second-order valence-electron chi connectivity index (χ2n) is 4.58. The molecule has 0 bridgehead atoms. The van der Waals surface area contributed by atoms with Gasteiger partial charge in [0.05, 0.1) is 11.3 Å². The van der Waals surface area contributed by atoms with Gasteiger partial charge in [-0.15, -0.1) is 11.8 Å². The number of carboxylic acid groups (broad SMARTS) is 1. The molecule has 0 aliphatic carbocycles. The van der Waals surface area contributed by atoms with Crippen molar-refractivity contribution in [2.24, 2.45) is 0 Å². The van der Waals surface area contributed by atoms with Crippen LogP contribution in [-0.4, -0.2) is 41.2 Å². The summed E-state index contributed by atoms with van der Waals surface area (Å²) in [5.41, 5.74) is 0.362. The molecule has 0 spiro atoms. The van der Waals surface area contributed by atoms with Gasteiger partial charge in [-0.1, -0.05) is 12.1 Å². The number of hydrogen-bond acceptors (Lipinski definition) is 4. The van der Waals surface area contributed by atoms with E-state index in [2.05, 4.69) is 10.6 Å². The van der Waals surface area contributed by atoms with Crippen LogP contribution in [0, 0.1) is 0 Å². The molecule has 3 N–H and O–H groups in total. The zero-order valence-corrected chi connectivity index (χ0v) is 12.7. The number of rotatable bonds is 7. The van der Waals surface area contributed by atoms with Crippen molar-refractivity contribution in [2.75, 3.05) is 12.3 Å². The van der Waals surface area contributed by atoms with Gasteiger partial charge in [-0.05, 0) is 26.0 Å². The molecule has 21 heavy (non-hydrogen) atoms. The zero-order valence-electron chi connectivity index (χ0n) is 11.9. The van der Waals surface area contributed by atoms with Crippen LogP contribution in [0.4, 0.5) is 0 Å². The molecule has 0 aliphatic heterocycles. The van der Waals surface area contributed by atoms with E-state index < -0.39 is 18.4 Å². The maximum absolute atomic E-state index is 11.9. The number of benzene rings is 1. The predicted molar refractivity (Wildman–Crippen MR) is 80.4 cm³/mol. The van der Waals surface area contributed by atoms with E-state index in [4.69, 9.17) is 5.11 Å². The highest BCUT2D eigenvalue weighted by Crippen LogP contribution is 2.22. The van der Waals surface area contributed by atoms with Gasteiger partial charge in [-0.2, -0.15) is 0 Å². The average Bonchev–Trinajstić information content (AvgIpc) is 2.42. The second kappa shape index (κ2) is 8.31. The van der Waals surface area contributed by atoms with E-state index in [-0.39, 0.29) is 17.7 Å². The molecule has 0 aromatic heterocycles. The molecule has 0 heterocycles. The molecule has 114 valence electrons. The van der Waals surface area contributed by atoms with E-state index in [1.165, 1.54) is 11.8 Å². The van der Waals surface area contributed by atoms with Gasteiger partial charge in [-0.25, -0.2) is 0 Å². The van der Waals surface area contributed by atoms with Gasteiger partial charge in [0.15, 0.2) is 0 Å². The van der Waals surface area contributed by atoms with Crippen molar-refractivity contribution in [2.45, 2.75) is 24.8 Å². The summed E-state index contributed by atoms with van der Waals surface area (Å²) in [6.07, 6.45) is 0. The standard InChI is InChI=1S/C14H18N2O4S/c1-9(2)16-12(17)8-21-11-6-4-3-5-10(11)14(20)15-7-13(18)19/h3-6,9H,7-8H2,1-2H3,(H,15,20)(H,16,17)(H,18,19). The Morgan fingerprint density at radius 3 is 2.52 bits per heavy atom. The molecule has 0 atom stereocenters. The SMILES string of the molecule is CC(C)NC(=O)CSc1ccccc1C(=O)NCC(=O)O. The van der Waals surface area contributed by atoms with E-state index in [0.717, 1.165) is 0 Å². The third kappa shape index (κ3) is 6.31. The van der Waals surface area contributed by atoms with Crippen LogP contribution in [0.2, 0.25) is 0 Å². The molecule has 0 unspecified atom stereocenters. The molecule has 0 fully saturated rings. The number of carbonyl (C=O) groups excluding carboxylic acids is 2. The third-order valence-electron chi connectivity index (χ3n) is 2.34. The molecule has 6 nitrogen and oxygen atoms in total. The van der Waals surface area contributed by atoms with Gasteiger partial charge in [0.25, 0.3) is 5.91 Å². The summed E-state index contributed by atoms with van der Waals surface area (Å²) in [7, 11) is 0. The average molecular weight is 310 g/mol. The van der Waals surface area contributed by atoms with Crippen LogP contribution in [0.25, 0.3) is 0 Å². The molecule has 1 rings (SSSR count). The monoisotopic (exact) mass is 310 g/mol. The quantitative estimate of drug-likeness (QED) is 0.656. The van der Waals surface area contributed by atoms with Gasteiger partial charge < -0.3 is 15.7 Å². The topological polar surface area (TPSA) is 95.5 Å². The summed E-state index contributed by atoms with van der Waals surface area (Å²) >= 11 is 1.24. The van der Waals surface area contributed by atoms with Crippen molar-refractivity contribution in [1.82, 2.24) is 10.6 Å². The van der Waals surface area contributed by atoms with Crippen molar-refractivity contribution in [1.29, 1.82) is 0 Å². The van der Waals surface area contributed by atoms with Gasteiger partial charge in [0.2, 0.25) is 5.91 Å². The van der Waals surface area contributed by atoms with Crippen LogP contribution < -0.4 is 10.6 Å². The van der Waals surface area contributed by atoms with E-state index in [0.29, 0.717) is 10.5 Å². The Labute approximate surface area is 127 Å². The van der Waals surface area contributed by atoms with Crippen molar-refractivity contribution in [3.05, 3.63) is 29.8 Å². The van der Waals surface area contributed by atoms with Crippen LogP contribution in [-0.2, 0) is 9.59 Å². The van der Waals surface area contributed by atoms with Crippen molar-refractivity contribution < 1.29 is 19.5 Å². The maximum atomic E-state index is 11.9. The van der Waals surface area contributed by atoms with Crippen LogP contribution in [0.15, 0.2) is 29.2 Å². The number of aliphatic carboxylic acids is 1. The smallest absolute Gasteiger partial charge is 0.322 e. The Balaban J connectivity index is 2.68. The summed E-state index contributed by atoms with van der Waals surface area (Å²) in [6, 6.07) is 6.83. The number of carbonyl (C=O) groups is 3. The van der Waals surface area contributed by atoms with Crippen molar-refractivity contribution >= 4 is 29.5 Å². The minimum absolute atomic E-state index is 0.0622. The minimum atomic E-state index is -1.11. The lowest BCUT2D eigenvalue weighted by molar-refractivity contribution is -0.135. The molecule has 1 aromatic rings. The molecule has 0 saturated carbocycles. The second-order valence-corrected chi connectivity index (χ2v) is 5.60. The van der Waals surface area contributed by atoms with Crippen LogP contribution in [0.1, 0.15) is 24.2 Å². The Bertz CT molecular complexity index is 531. The first-order valence-corrected chi connectivity index (χ1v) is 7.40. The Hall–Kier alpha value is -2.02. The Kier molecular flexibility index (Phi) is 6.74. The first-order chi connectivity index (χ1) is 9.90. The molecule has 0 radical (unpaired) electrons. The molecular formula is C14H18N2O4S. The first-order valence-electron chi connectivity index (χ1n) is 6.41. The maximum Gasteiger partial charge on any atom is 0.322 e. The van der Waals surface area contributed by atoms with E-state index >= 15 is 0 Å². The van der Waals surface area contributed by atoms with Crippen molar-refractivity contribution in [3.8, 4) is 0 Å². The number of amides is 2. The number of nitrogens with one attached hydrogen (secondary N) is 2. The predicted octanol–water partition coefficient (Wildman–Crippen LogP) is 1.12. The lowest BCUT2D eigenvalue weighted by atomic mass is 10.2. The highest BCUT2D eigenvalue weighted by Gasteiger charge is 2.13. The molecule has 7 heteroatoms. The summed E-state index contributed by atoms with van der Waals surface area (Å²) in [4.78, 5) is 34.6. The minimum Gasteiger partial charge on any atom is -0.480 e. The van der Waals surface area contributed by atoms with E-state index in [9.17, 15) is 14.4 Å². The fraction of sp³-hybridized carbons (Fsp3) is 0.357. The van der Waals surface area contributed by atoms with Crippen LogP contribution in [0.5, 0.6) is 0 Å². The molecule has 2 amide bonds. The number of carboxylic acids is 1. The zero-order chi connectivity index (χ0) is 15.8. The van der Waals surface area contributed by atoms with Gasteiger partial charge >= 0.3 is 5.97 Å². The summed E-state index contributed by atoms with van der Waals surface area (Å²) in [6.45, 7) is 3.30. The number of thioether (sulfide) groups is 1. The number of hydrogen-bond donors (Lipinski definition) is 3. The van der Waals surface area contributed by atoms with Crippen LogP contribution >= 0.6 is 11.8 Å². The van der Waals surface area contributed by atoms with E-state index in [1.54, 1.807) is 24.3 Å². The first kappa shape index (κ1) is 17.0. The lowest BCUT2D eigenvalue weighted by Gasteiger charge is -2.10. The molecule has 0 saturated heterocycles. The lowest BCUT2D eigenvalue weighted by Crippen LogP contribution is -2.31. The fourth-order valence-electron chi connectivity index (χ4n) is 1.54. The van der Waals surface area contributed by atoms with Gasteiger partial charge in [-0.3, -0.25) is 14.4 Å². The highest BCUT2D eigenvalue weighted by atomic mass is 32.2. The summed E-state index contributed by atoms with van der Waals surface area (Å²) in [5.74, 6) is -1.49. The third-order valence-corrected chi connectivity index (χ3v) is 3.41. The molecule has 1 aromatic carbocycles. The highest BCUT2D eigenvalue weighted by molar-refractivity contribution is 8.00. The summed E-state index contributed by atoms with van der Waals surface area (Å²) < 4.78 is 0. The molecule has 0 aliphatic rings. The van der Waals surface area contributed by atoms with Crippen LogP contribution in [0.3, 0.4) is 0 Å². The normalized spacial score (nSPS) is 10.2. The van der Waals surface area contributed by atoms with E-state index in [1.807, 2.05) is 13.8 Å². The van der Waals surface area contributed by atoms with Gasteiger partial charge in [0.1, 0.15) is 6.54 Å². The summed E-state index contributed by atoms with van der Waals surface area (Å²) in [5, 5.41) is 13.6. The Morgan fingerprint density at radius 1 is 1.24 bits per heavy atom. The van der Waals surface area contributed by atoms with Crippen molar-refractivity contribution in [3.63, 3.8) is 0 Å². The van der Waals surface area contributed by atoms with Gasteiger partial charge in [0, 0.05) is 10.9 Å². The fourth-order valence-corrected chi connectivity index (χ4v) is 2.40. The largest absolute Gasteiger partial charge is 0.480 e. The Morgan fingerprint density at radius 2 is 1.90 bits per heavy atom. The molecular weight excluding hydrogens is 292 g/mol.